The topological polar surface area (TPSA) is 46.6 Å². The minimum absolute atomic E-state index is 0.474. The molecular weight excluding hydrogens is 454 g/mol. The van der Waals surface area contributed by atoms with E-state index in [9.17, 15) is 0 Å². The van der Waals surface area contributed by atoms with E-state index in [1.54, 1.807) is 0 Å². The molecule has 1 aromatic heterocycles. The van der Waals surface area contributed by atoms with E-state index < -0.39 is 0 Å². The van der Waals surface area contributed by atoms with Crippen LogP contribution in [0.4, 0.5) is 5.69 Å². The third-order valence-corrected chi connectivity index (χ3v) is 6.40. The quantitative estimate of drug-likeness (QED) is 0.433. The lowest BCUT2D eigenvalue weighted by Gasteiger charge is -2.33. The lowest BCUT2D eigenvalue weighted by Crippen LogP contribution is -2.38. The van der Waals surface area contributed by atoms with Crippen molar-refractivity contribution < 1.29 is 9.47 Å². The van der Waals surface area contributed by atoms with Gasteiger partial charge in [-0.2, -0.15) is 0 Å². The molecule has 31 heavy (non-hydrogen) atoms. The van der Waals surface area contributed by atoms with E-state index in [2.05, 4.69) is 61.5 Å². The highest BCUT2D eigenvalue weighted by molar-refractivity contribution is 9.10. The van der Waals surface area contributed by atoms with E-state index in [0.29, 0.717) is 19.3 Å². The number of anilines is 1. The smallest absolute Gasteiger partial charge is 0.137 e. The predicted molar refractivity (Wildman–Crippen MR) is 130 cm³/mol. The summed E-state index contributed by atoms with van der Waals surface area (Å²) >= 11 is 3.62. The Morgan fingerprint density at radius 3 is 2.39 bits per heavy atom. The Balaban J connectivity index is 1.36. The lowest BCUT2D eigenvalue weighted by molar-refractivity contribution is 0.210. The minimum Gasteiger partial charge on any atom is -0.493 e. The van der Waals surface area contributed by atoms with Crippen LogP contribution in [0.25, 0.3) is 10.9 Å². The number of aromatic nitrogens is 1. The molecule has 1 aliphatic rings. The van der Waals surface area contributed by atoms with Gasteiger partial charge in [-0.05, 0) is 72.4 Å². The van der Waals surface area contributed by atoms with Crippen molar-refractivity contribution in [1.29, 1.82) is 0 Å². The molecule has 0 bridgehead atoms. The Hall–Kier alpha value is -2.31. The standard InChI is InChI=1S/C25H30BrN3O2/c1-3-30-23-13-18(14-24(25(23)26)31-4-2)17-29-11-9-20(10-12-29)28-21-15-19-7-5-6-8-22(19)27-16-21/h5-8,13-16,20,28H,3-4,9-12,17H2,1-2H3. The highest BCUT2D eigenvalue weighted by atomic mass is 79.9. The highest BCUT2D eigenvalue weighted by Gasteiger charge is 2.20. The molecule has 1 N–H and O–H groups in total. The fourth-order valence-electron chi connectivity index (χ4n) is 4.12. The molecule has 0 amide bonds. The second-order valence-corrected chi connectivity index (χ2v) is 8.68. The minimum atomic E-state index is 0.474. The van der Waals surface area contributed by atoms with Gasteiger partial charge in [-0.1, -0.05) is 18.2 Å². The summed E-state index contributed by atoms with van der Waals surface area (Å²) in [6.45, 7) is 8.29. The number of halogens is 1. The van der Waals surface area contributed by atoms with Crippen LogP contribution in [-0.2, 0) is 6.54 Å². The average molecular weight is 484 g/mol. The first-order valence-corrected chi connectivity index (χ1v) is 11.9. The first kappa shape index (κ1) is 21.9. The molecule has 1 aliphatic heterocycles. The average Bonchev–Trinajstić information content (AvgIpc) is 2.78. The molecule has 2 aromatic carbocycles. The van der Waals surface area contributed by atoms with E-state index >= 15 is 0 Å². The molecule has 1 saturated heterocycles. The van der Waals surface area contributed by atoms with Gasteiger partial charge in [-0.25, -0.2) is 0 Å². The van der Waals surface area contributed by atoms with Gasteiger partial charge in [0.1, 0.15) is 16.0 Å². The van der Waals surface area contributed by atoms with Crippen LogP contribution in [0.2, 0.25) is 0 Å². The predicted octanol–water partition coefficient (Wildman–Crippen LogP) is 5.87. The van der Waals surface area contributed by atoms with E-state index in [0.717, 1.165) is 59.7 Å². The number of ether oxygens (including phenoxy) is 2. The summed E-state index contributed by atoms with van der Waals surface area (Å²) in [7, 11) is 0. The summed E-state index contributed by atoms with van der Waals surface area (Å²) < 4.78 is 12.5. The van der Waals surface area contributed by atoms with Crippen LogP contribution in [0.1, 0.15) is 32.3 Å². The molecule has 0 aliphatic carbocycles. The number of hydrogen-bond donors (Lipinski definition) is 1. The second-order valence-electron chi connectivity index (χ2n) is 7.88. The maximum atomic E-state index is 5.81. The number of rotatable bonds is 8. The third kappa shape index (κ3) is 5.49. The molecule has 164 valence electrons. The zero-order valence-corrected chi connectivity index (χ0v) is 19.8. The second kappa shape index (κ2) is 10.3. The Labute approximate surface area is 192 Å². The molecule has 2 heterocycles. The van der Waals surface area contributed by atoms with Crippen molar-refractivity contribution in [3.05, 3.63) is 58.7 Å². The number of para-hydroxylation sites is 1. The van der Waals surface area contributed by atoms with Crippen molar-refractivity contribution in [2.24, 2.45) is 0 Å². The zero-order chi connectivity index (χ0) is 21.6. The summed E-state index contributed by atoms with van der Waals surface area (Å²) in [4.78, 5) is 7.08. The molecule has 6 heteroatoms. The molecule has 4 rings (SSSR count). The van der Waals surface area contributed by atoms with Gasteiger partial charge >= 0.3 is 0 Å². The number of nitrogens with one attached hydrogen (secondary N) is 1. The van der Waals surface area contributed by atoms with E-state index in [4.69, 9.17) is 9.47 Å². The van der Waals surface area contributed by atoms with Crippen molar-refractivity contribution in [3.63, 3.8) is 0 Å². The maximum absolute atomic E-state index is 5.81. The first-order valence-electron chi connectivity index (χ1n) is 11.1. The molecule has 0 radical (unpaired) electrons. The van der Waals surface area contributed by atoms with Crippen molar-refractivity contribution in [1.82, 2.24) is 9.88 Å². The Morgan fingerprint density at radius 1 is 1.03 bits per heavy atom. The van der Waals surface area contributed by atoms with E-state index in [-0.39, 0.29) is 0 Å². The third-order valence-electron chi connectivity index (χ3n) is 5.62. The number of likely N-dealkylation sites (tertiary alicyclic amines) is 1. The van der Waals surface area contributed by atoms with Crippen molar-refractivity contribution in [3.8, 4) is 11.5 Å². The first-order chi connectivity index (χ1) is 15.2. The van der Waals surface area contributed by atoms with Crippen LogP contribution in [-0.4, -0.2) is 42.2 Å². The number of pyridine rings is 1. The summed E-state index contributed by atoms with van der Waals surface area (Å²) in [5.74, 6) is 1.70. The normalized spacial score (nSPS) is 15.2. The van der Waals surface area contributed by atoms with Gasteiger partial charge in [0, 0.05) is 31.1 Å². The summed E-state index contributed by atoms with van der Waals surface area (Å²) in [6, 6.07) is 15.2. The zero-order valence-electron chi connectivity index (χ0n) is 18.2. The van der Waals surface area contributed by atoms with Crippen molar-refractivity contribution >= 4 is 32.5 Å². The van der Waals surface area contributed by atoms with E-state index in [1.165, 1.54) is 10.9 Å². The van der Waals surface area contributed by atoms with Crippen molar-refractivity contribution in [2.75, 3.05) is 31.6 Å². The van der Waals surface area contributed by atoms with Gasteiger partial charge in [0.05, 0.1) is 30.6 Å². The van der Waals surface area contributed by atoms with Crippen LogP contribution < -0.4 is 14.8 Å². The maximum Gasteiger partial charge on any atom is 0.137 e. The van der Waals surface area contributed by atoms with Crippen LogP contribution in [0.3, 0.4) is 0 Å². The summed E-state index contributed by atoms with van der Waals surface area (Å²) in [6.07, 6.45) is 4.17. The monoisotopic (exact) mass is 483 g/mol. The van der Waals surface area contributed by atoms with Gasteiger partial charge in [-0.3, -0.25) is 9.88 Å². The lowest BCUT2D eigenvalue weighted by atomic mass is 10.0. The van der Waals surface area contributed by atoms with E-state index in [1.807, 2.05) is 32.2 Å². The Bertz CT molecular complexity index is 992. The number of fused-ring (bicyclic) bond motifs is 1. The number of hydrogen-bond acceptors (Lipinski definition) is 5. The molecular formula is C25H30BrN3O2. The fraction of sp³-hybridized carbons (Fsp3) is 0.400. The van der Waals surface area contributed by atoms with Gasteiger partial charge in [-0.15, -0.1) is 0 Å². The highest BCUT2D eigenvalue weighted by Crippen LogP contribution is 2.36. The number of piperidine rings is 1. The molecule has 5 nitrogen and oxygen atoms in total. The Morgan fingerprint density at radius 2 is 1.71 bits per heavy atom. The van der Waals surface area contributed by atoms with Crippen LogP contribution in [0.5, 0.6) is 11.5 Å². The Kier molecular flexibility index (Phi) is 7.30. The molecule has 3 aromatic rings. The van der Waals surface area contributed by atoms with Gasteiger partial charge in [0.25, 0.3) is 0 Å². The molecule has 0 spiro atoms. The largest absolute Gasteiger partial charge is 0.493 e. The number of nitrogens with zero attached hydrogens (tertiary/aromatic N) is 2. The van der Waals surface area contributed by atoms with Crippen molar-refractivity contribution in [2.45, 2.75) is 39.3 Å². The fourth-order valence-corrected chi connectivity index (χ4v) is 4.58. The molecule has 1 fully saturated rings. The molecule has 0 atom stereocenters. The molecule has 0 saturated carbocycles. The number of benzene rings is 2. The summed E-state index contributed by atoms with van der Waals surface area (Å²) in [5, 5.41) is 4.86. The van der Waals surface area contributed by atoms with Gasteiger partial charge in [0.2, 0.25) is 0 Å². The van der Waals surface area contributed by atoms with Crippen LogP contribution >= 0.6 is 15.9 Å². The molecule has 0 unspecified atom stereocenters. The summed E-state index contributed by atoms with van der Waals surface area (Å²) in [5.41, 5.74) is 3.36. The van der Waals surface area contributed by atoms with Crippen LogP contribution in [0.15, 0.2) is 53.1 Å². The SMILES string of the molecule is CCOc1cc(CN2CCC(Nc3cnc4ccccc4c3)CC2)cc(OCC)c1Br. The van der Waals surface area contributed by atoms with Gasteiger partial charge < -0.3 is 14.8 Å². The van der Waals surface area contributed by atoms with Crippen LogP contribution in [0, 0.1) is 0 Å². The van der Waals surface area contributed by atoms with Gasteiger partial charge in [0.15, 0.2) is 0 Å².